The van der Waals surface area contributed by atoms with Gasteiger partial charge in [-0.25, -0.2) is 9.37 Å². The van der Waals surface area contributed by atoms with E-state index in [2.05, 4.69) is 25.9 Å². The van der Waals surface area contributed by atoms with Gasteiger partial charge in [0.1, 0.15) is 16.3 Å². The van der Waals surface area contributed by atoms with Gasteiger partial charge in [-0.3, -0.25) is 0 Å². The molecule has 1 N–H and O–H groups in total. The Morgan fingerprint density at radius 2 is 1.81 bits per heavy atom. The van der Waals surface area contributed by atoms with Gasteiger partial charge in [-0.05, 0) is 29.8 Å². The molecule has 21 heavy (non-hydrogen) atoms. The molecule has 0 amide bonds. The van der Waals surface area contributed by atoms with Crippen molar-refractivity contribution in [1.82, 2.24) is 9.97 Å². The highest BCUT2D eigenvalue weighted by molar-refractivity contribution is 9.10. The molecular weight excluding hydrogens is 351 g/mol. The van der Waals surface area contributed by atoms with E-state index in [1.54, 1.807) is 12.1 Å². The maximum Gasteiger partial charge on any atom is 0.140 e. The summed E-state index contributed by atoms with van der Waals surface area (Å²) in [6.45, 7) is 0. The van der Waals surface area contributed by atoms with Crippen molar-refractivity contribution in [2.24, 2.45) is 0 Å². The van der Waals surface area contributed by atoms with E-state index in [9.17, 15) is 4.39 Å². The van der Waals surface area contributed by atoms with E-state index < -0.39 is 0 Å². The van der Waals surface area contributed by atoms with Crippen LogP contribution < -0.4 is 0 Å². The topological polar surface area (TPSA) is 28.7 Å². The van der Waals surface area contributed by atoms with Crippen LogP contribution in [0.4, 0.5) is 4.39 Å². The molecular formula is C16H10BrFN2S. The summed E-state index contributed by atoms with van der Waals surface area (Å²) in [5.74, 6) is 0.215. The van der Waals surface area contributed by atoms with E-state index in [-0.39, 0.29) is 5.82 Å². The molecule has 0 aliphatic carbocycles. The van der Waals surface area contributed by atoms with Crippen LogP contribution >= 0.6 is 28.1 Å². The summed E-state index contributed by atoms with van der Waals surface area (Å²) in [7, 11) is 0. The predicted octanol–water partition coefficient (Wildman–Crippen LogP) is 5.37. The van der Waals surface area contributed by atoms with Crippen LogP contribution in [0.3, 0.4) is 0 Å². The van der Waals surface area contributed by atoms with Crippen LogP contribution in [0.2, 0.25) is 0 Å². The minimum Gasteiger partial charge on any atom is -0.339 e. The molecule has 0 aliphatic heterocycles. The Kier molecular flexibility index (Phi) is 3.94. The first-order valence-electron chi connectivity index (χ1n) is 6.26. The number of nitrogens with one attached hydrogen (secondary N) is 1. The quantitative estimate of drug-likeness (QED) is 0.622. The second kappa shape index (κ2) is 5.87. The Hall–Kier alpha value is -1.85. The molecule has 5 heteroatoms. The summed E-state index contributed by atoms with van der Waals surface area (Å²) in [4.78, 5) is 7.51. The monoisotopic (exact) mass is 360 g/mol. The van der Waals surface area contributed by atoms with E-state index >= 15 is 0 Å². The molecule has 0 fully saturated rings. The number of rotatable bonds is 2. The normalized spacial score (nSPS) is 10.6. The third-order valence-electron chi connectivity index (χ3n) is 3.01. The van der Waals surface area contributed by atoms with Gasteiger partial charge >= 0.3 is 0 Å². The largest absolute Gasteiger partial charge is 0.339 e. The number of hydrogen-bond donors (Lipinski definition) is 1. The molecule has 0 spiro atoms. The summed E-state index contributed by atoms with van der Waals surface area (Å²) in [5, 5.41) is 0. The number of aromatic nitrogens is 2. The van der Waals surface area contributed by atoms with Crippen molar-refractivity contribution in [3.05, 3.63) is 69.5 Å². The molecule has 1 aromatic heterocycles. The van der Waals surface area contributed by atoms with Crippen LogP contribution in [0, 0.1) is 10.5 Å². The molecule has 0 atom stereocenters. The van der Waals surface area contributed by atoms with Gasteiger partial charge in [0.2, 0.25) is 0 Å². The van der Waals surface area contributed by atoms with Gasteiger partial charge in [0.25, 0.3) is 0 Å². The molecule has 0 radical (unpaired) electrons. The second-order valence-electron chi connectivity index (χ2n) is 4.47. The third kappa shape index (κ3) is 3.09. The summed E-state index contributed by atoms with van der Waals surface area (Å²) in [6, 6.07) is 16.1. The molecule has 2 nitrogen and oxygen atoms in total. The summed E-state index contributed by atoms with van der Waals surface area (Å²) >= 11 is 8.63. The fraction of sp³-hybridized carbons (Fsp3) is 0. The number of aromatic amines is 1. The van der Waals surface area contributed by atoms with Gasteiger partial charge in [0.15, 0.2) is 0 Å². The standard InChI is InChI=1S/C16H10BrFN2S/c17-13-7-6-11(18)8-12(13)16-19-14(9-15(21)20-16)10-4-2-1-3-5-10/h1-9H,(H,19,20,21). The number of halogens is 2. The maximum absolute atomic E-state index is 13.5. The third-order valence-corrected chi connectivity index (χ3v) is 3.91. The number of hydrogen-bond acceptors (Lipinski definition) is 2. The minimum absolute atomic E-state index is 0.320. The second-order valence-corrected chi connectivity index (χ2v) is 5.74. The first-order chi connectivity index (χ1) is 10.1. The van der Waals surface area contributed by atoms with Crippen molar-refractivity contribution in [1.29, 1.82) is 0 Å². The average molecular weight is 361 g/mol. The van der Waals surface area contributed by atoms with Gasteiger partial charge in [0, 0.05) is 15.7 Å². The predicted molar refractivity (Wildman–Crippen MR) is 88.0 cm³/mol. The maximum atomic E-state index is 13.5. The molecule has 3 aromatic rings. The number of H-pyrrole nitrogens is 1. The van der Waals surface area contributed by atoms with Crippen LogP contribution in [0.15, 0.2) is 59.1 Å². The Labute approximate surface area is 134 Å². The SMILES string of the molecule is Fc1ccc(Br)c(-c2nc(=S)cc(-c3ccccc3)[nH]2)c1. The highest BCUT2D eigenvalue weighted by Gasteiger charge is 2.09. The van der Waals surface area contributed by atoms with Crippen LogP contribution in [0.25, 0.3) is 22.6 Å². The van der Waals surface area contributed by atoms with E-state index in [4.69, 9.17) is 12.2 Å². The Balaban J connectivity index is 2.19. The average Bonchev–Trinajstić information content (AvgIpc) is 2.50. The molecule has 0 aliphatic rings. The number of benzene rings is 2. The van der Waals surface area contributed by atoms with E-state index in [1.807, 2.05) is 30.3 Å². The molecule has 1 heterocycles. The van der Waals surface area contributed by atoms with Gasteiger partial charge < -0.3 is 4.98 Å². The molecule has 104 valence electrons. The zero-order valence-corrected chi connectivity index (χ0v) is 13.2. The fourth-order valence-electron chi connectivity index (χ4n) is 2.04. The Bertz CT molecular complexity index is 846. The van der Waals surface area contributed by atoms with Gasteiger partial charge in [-0.15, -0.1) is 0 Å². The Morgan fingerprint density at radius 1 is 1.05 bits per heavy atom. The highest BCUT2D eigenvalue weighted by Crippen LogP contribution is 2.28. The van der Waals surface area contributed by atoms with E-state index in [0.717, 1.165) is 15.7 Å². The van der Waals surface area contributed by atoms with Crippen molar-refractivity contribution in [3.8, 4) is 22.6 Å². The Morgan fingerprint density at radius 3 is 2.57 bits per heavy atom. The van der Waals surface area contributed by atoms with Crippen molar-refractivity contribution in [2.75, 3.05) is 0 Å². The van der Waals surface area contributed by atoms with Crippen molar-refractivity contribution >= 4 is 28.1 Å². The summed E-state index contributed by atoms with van der Waals surface area (Å²) in [5.41, 5.74) is 2.49. The zero-order chi connectivity index (χ0) is 14.8. The molecule has 2 aromatic carbocycles. The van der Waals surface area contributed by atoms with Crippen LogP contribution in [-0.2, 0) is 0 Å². The lowest BCUT2D eigenvalue weighted by Crippen LogP contribution is -1.94. The lowest BCUT2D eigenvalue weighted by Gasteiger charge is -2.08. The lowest BCUT2D eigenvalue weighted by atomic mass is 10.1. The molecule has 0 saturated heterocycles. The van der Waals surface area contributed by atoms with Gasteiger partial charge in [0.05, 0.1) is 0 Å². The number of nitrogens with zero attached hydrogens (tertiary/aromatic N) is 1. The molecule has 0 bridgehead atoms. The van der Waals surface area contributed by atoms with E-state index in [0.29, 0.717) is 16.0 Å². The highest BCUT2D eigenvalue weighted by atomic mass is 79.9. The minimum atomic E-state index is -0.320. The smallest absolute Gasteiger partial charge is 0.140 e. The summed E-state index contributed by atoms with van der Waals surface area (Å²) < 4.78 is 14.7. The van der Waals surface area contributed by atoms with Crippen LogP contribution in [0.5, 0.6) is 0 Å². The van der Waals surface area contributed by atoms with E-state index in [1.165, 1.54) is 12.1 Å². The zero-order valence-electron chi connectivity index (χ0n) is 10.8. The molecule has 0 unspecified atom stereocenters. The molecule has 0 saturated carbocycles. The summed E-state index contributed by atoms with van der Waals surface area (Å²) in [6.07, 6.45) is 0. The van der Waals surface area contributed by atoms with Gasteiger partial charge in [-0.1, -0.05) is 58.5 Å². The lowest BCUT2D eigenvalue weighted by molar-refractivity contribution is 0.628. The van der Waals surface area contributed by atoms with Crippen LogP contribution in [0.1, 0.15) is 0 Å². The van der Waals surface area contributed by atoms with Crippen molar-refractivity contribution < 1.29 is 4.39 Å². The molecule has 3 rings (SSSR count). The van der Waals surface area contributed by atoms with Crippen LogP contribution in [-0.4, -0.2) is 9.97 Å². The first-order valence-corrected chi connectivity index (χ1v) is 7.46. The van der Waals surface area contributed by atoms with Crippen molar-refractivity contribution in [2.45, 2.75) is 0 Å². The van der Waals surface area contributed by atoms with Gasteiger partial charge in [-0.2, -0.15) is 0 Å². The first kappa shape index (κ1) is 14.1. The van der Waals surface area contributed by atoms with Crippen molar-refractivity contribution in [3.63, 3.8) is 0 Å². The fourth-order valence-corrected chi connectivity index (χ4v) is 2.68.